The summed E-state index contributed by atoms with van der Waals surface area (Å²) >= 11 is 12.2. The molecular weight excluding hydrogens is 299 g/mol. The summed E-state index contributed by atoms with van der Waals surface area (Å²) in [4.78, 5) is 12.1. The predicted molar refractivity (Wildman–Crippen MR) is 78.8 cm³/mol. The quantitative estimate of drug-likeness (QED) is 0.896. The van der Waals surface area contributed by atoms with E-state index in [2.05, 4.69) is 15.5 Å². The SMILES string of the molecule is O=c1[nH]nc(C2CCCCN2)n1-c1cc(Cl)ccc1Cl. The lowest BCUT2D eigenvalue weighted by atomic mass is 10.0. The third-order valence-corrected chi connectivity index (χ3v) is 4.02. The second-order valence-corrected chi connectivity index (χ2v) is 5.66. The number of hydrogen-bond acceptors (Lipinski definition) is 3. The van der Waals surface area contributed by atoms with Crippen LogP contribution in [-0.4, -0.2) is 21.3 Å². The number of hydrogen-bond donors (Lipinski definition) is 2. The molecule has 1 aromatic carbocycles. The van der Waals surface area contributed by atoms with Crippen LogP contribution in [0.5, 0.6) is 0 Å². The van der Waals surface area contributed by atoms with Crippen LogP contribution in [-0.2, 0) is 0 Å². The first-order valence-electron chi connectivity index (χ1n) is 6.53. The van der Waals surface area contributed by atoms with Gasteiger partial charge in [-0.15, -0.1) is 0 Å². The summed E-state index contributed by atoms with van der Waals surface area (Å²) < 4.78 is 1.50. The Morgan fingerprint density at radius 2 is 2.15 bits per heavy atom. The highest BCUT2D eigenvalue weighted by molar-refractivity contribution is 6.34. The number of halogens is 2. The van der Waals surface area contributed by atoms with Crippen molar-refractivity contribution in [1.82, 2.24) is 20.1 Å². The van der Waals surface area contributed by atoms with Crippen LogP contribution in [0.2, 0.25) is 10.0 Å². The van der Waals surface area contributed by atoms with Gasteiger partial charge in [0.25, 0.3) is 0 Å². The zero-order chi connectivity index (χ0) is 14.1. The van der Waals surface area contributed by atoms with Crippen molar-refractivity contribution in [3.63, 3.8) is 0 Å². The summed E-state index contributed by atoms with van der Waals surface area (Å²) in [6, 6.07) is 5.10. The highest BCUT2D eigenvalue weighted by atomic mass is 35.5. The molecule has 0 amide bonds. The van der Waals surface area contributed by atoms with Gasteiger partial charge in [-0.3, -0.25) is 0 Å². The van der Waals surface area contributed by atoms with E-state index in [1.807, 2.05) is 0 Å². The summed E-state index contributed by atoms with van der Waals surface area (Å²) in [6.45, 7) is 0.926. The molecule has 5 nitrogen and oxygen atoms in total. The zero-order valence-corrected chi connectivity index (χ0v) is 12.2. The molecule has 0 spiro atoms. The molecule has 1 fully saturated rings. The number of rotatable bonds is 2. The summed E-state index contributed by atoms with van der Waals surface area (Å²) in [5, 5.41) is 11.0. The summed E-state index contributed by atoms with van der Waals surface area (Å²) in [5.41, 5.74) is 0.247. The van der Waals surface area contributed by atoms with Crippen molar-refractivity contribution < 1.29 is 0 Å². The van der Waals surface area contributed by atoms with Gasteiger partial charge >= 0.3 is 5.69 Å². The highest BCUT2D eigenvalue weighted by Gasteiger charge is 2.23. The van der Waals surface area contributed by atoms with E-state index >= 15 is 0 Å². The minimum atomic E-state index is -0.309. The third-order valence-electron chi connectivity index (χ3n) is 3.47. The van der Waals surface area contributed by atoms with Crippen LogP contribution < -0.4 is 11.0 Å². The number of aromatic nitrogens is 3. The Bertz CT molecular complexity index is 673. The maximum Gasteiger partial charge on any atom is 0.348 e. The Labute approximate surface area is 125 Å². The molecule has 1 unspecified atom stereocenters. The van der Waals surface area contributed by atoms with Crippen molar-refractivity contribution in [2.45, 2.75) is 25.3 Å². The van der Waals surface area contributed by atoms with Gasteiger partial charge in [0.05, 0.1) is 16.8 Å². The van der Waals surface area contributed by atoms with Crippen molar-refractivity contribution in [1.29, 1.82) is 0 Å². The molecule has 0 bridgehead atoms. The summed E-state index contributed by atoms with van der Waals surface area (Å²) in [6.07, 6.45) is 3.20. The second kappa shape index (κ2) is 5.60. The Balaban J connectivity index is 2.11. The van der Waals surface area contributed by atoms with Crippen LogP contribution in [0.1, 0.15) is 31.1 Å². The lowest BCUT2D eigenvalue weighted by Gasteiger charge is -2.23. The van der Waals surface area contributed by atoms with Crippen LogP contribution in [0.3, 0.4) is 0 Å². The van der Waals surface area contributed by atoms with E-state index in [1.54, 1.807) is 18.2 Å². The summed E-state index contributed by atoms with van der Waals surface area (Å²) in [7, 11) is 0. The van der Waals surface area contributed by atoms with E-state index in [0.717, 1.165) is 25.8 Å². The molecule has 1 atom stereocenters. The Morgan fingerprint density at radius 1 is 1.30 bits per heavy atom. The number of piperidine rings is 1. The fraction of sp³-hybridized carbons (Fsp3) is 0.385. The van der Waals surface area contributed by atoms with Crippen molar-refractivity contribution in [3.8, 4) is 5.69 Å². The number of H-pyrrole nitrogens is 1. The number of nitrogens with zero attached hydrogens (tertiary/aromatic N) is 2. The number of aromatic amines is 1. The van der Waals surface area contributed by atoms with E-state index in [0.29, 0.717) is 21.6 Å². The maximum atomic E-state index is 12.1. The number of nitrogens with one attached hydrogen (secondary N) is 2. The topological polar surface area (TPSA) is 62.7 Å². The monoisotopic (exact) mass is 312 g/mol. The predicted octanol–water partition coefficient (Wildman–Crippen LogP) is 2.68. The first-order valence-corrected chi connectivity index (χ1v) is 7.28. The third kappa shape index (κ3) is 2.49. The van der Waals surface area contributed by atoms with Gasteiger partial charge in [0.15, 0.2) is 5.82 Å². The molecule has 2 N–H and O–H groups in total. The Kier molecular flexibility index (Phi) is 3.83. The molecule has 1 aliphatic heterocycles. The van der Waals surface area contributed by atoms with Gasteiger partial charge in [0.2, 0.25) is 0 Å². The minimum absolute atomic E-state index is 0.0535. The van der Waals surface area contributed by atoms with Gasteiger partial charge in [-0.2, -0.15) is 5.10 Å². The number of benzene rings is 1. The van der Waals surface area contributed by atoms with E-state index in [4.69, 9.17) is 23.2 Å². The smallest absolute Gasteiger partial charge is 0.307 e. The van der Waals surface area contributed by atoms with Crippen molar-refractivity contribution in [3.05, 3.63) is 44.6 Å². The van der Waals surface area contributed by atoms with Crippen LogP contribution in [0, 0.1) is 0 Å². The first-order chi connectivity index (χ1) is 9.66. The molecule has 106 valence electrons. The molecule has 1 aromatic heterocycles. The highest BCUT2D eigenvalue weighted by Crippen LogP contribution is 2.27. The van der Waals surface area contributed by atoms with Crippen LogP contribution >= 0.6 is 23.2 Å². The first kappa shape index (κ1) is 13.7. The molecule has 20 heavy (non-hydrogen) atoms. The van der Waals surface area contributed by atoms with E-state index in [-0.39, 0.29) is 11.7 Å². The van der Waals surface area contributed by atoms with Gasteiger partial charge < -0.3 is 5.32 Å². The molecule has 1 aliphatic rings. The lowest BCUT2D eigenvalue weighted by molar-refractivity contribution is 0.393. The molecular formula is C13H14Cl2N4O. The van der Waals surface area contributed by atoms with Gasteiger partial charge in [0, 0.05) is 5.02 Å². The van der Waals surface area contributed by atoms with E-state index in [9.17, 15) is 4.79 Å². The fourth-order valence-electron chi connectivity index (χ4n) is 2.51. The van der Waals surface area contributed by atoms with Crippen molar-refractivity contribution >= 4 is 23.2 Å². The minimum Gasteiger partial charge on any atom is -0.307 e. The van der Waals surface area contributed by atoms with Crippen LogP contribution in [0.15, 0.2) is 23.0 Å². The van der Waals surface area contributed by atoms with Crippen LogP contribution in [0.25, 0.3) is 5.69 Å². The Morgan fingerprint density at radius 3 is 2.90 bits per heavy atom. The Hall–Kier alpha value is -1.30. The van der Waals surface area contributed by atoms with Crippen molar-refractivity contribution in [2.24, 2.45) is 0 Å². The standard InChI is InChI=1S/C13H14Cl2N4O/c14-8-4-5-9(15)11(7-8)19-12(17-18-13(19)20)10-3-1-2-6-16-10/h4-5,7,10,16H,1-3,6H2,(H,18,20). The van der Waals surface area contributed by atoms with Gasteiger partial charge in [0.1, 0.15) is 0 Å². The van der Waals surface area contributed by atoms with Gasteiger partial charge in [-0.05, 0) is 37.6 Å². The normalized spacial score (nSPS) is 19.2. The molecule has 0 saturated carbocycles. The second-order valence-electron chi connectivity index (χ2n) is 4.82. The molecule has 7 heteroatoms. The molecule has 2 heterocycles. The maximum absolute atomic E-state index is 12.1. The average Bonchev–Trinajstić information content (AvgIpc) is 2.84. The molecule has 1 saturated heterocycles. The lowest BCUT2D eigenvalue weighted by Crippen LogP contribution is -2.30. The molecule has 0 radical (unpaired) electrons. The fourth-order valence-corrected chi connectivity index (χ4v) is 2.87. The largest absolute Gasteiger partial charge is 0.348 e. The van der Waals surface area contributed by atoms with E-state index < -0.39 is 0 Å². The average molecular weight is 313 g/mol. The molecule has 3 rings (SSSR count). The molecule has 0 aliphatic carbocycles. The van der Waals surface area contributed by atoms with Gasteiger partial charge in [-0.1, -0.05) is 29.6 Å². The van der Waals surface area contributed by atoms with E-state index in [1.165, 1.54) is 4.57 Å². The summed E-state index contributed by atoms with van der Waals surface area (Å²) in [5.74, 6) is 0.652. The van der Waals surface area contributed by atoms with Gasteiger partial charge in [-0.25, -0.2) is 14.5 Å². The van der Waals surface area contributed by atoms with Crippen LogP contribution in [0.4, 0.5) is 0 Å². The zero-order valence-electron chi connectivity index (χ0n) is 10.7. The molecule has 2 aromatic rings. The van der Waals surface area contributed by atoms with Crippen molar-refractivity contribution in [2.75, 3.05) is 6.54 Å².